The molecule has 2 fully saturated rings. The van der Waals surface area contributed by atoms with Crippen LogP contribution in [0.2, 0.25) is 0 Å². The molecule has 3 heteroatoms. The highest BCUT2D eigenvalue weighted by molar-refractivity contribution is 5.01. The van der Waals surface area contributed by atoms with E-state index in [9.17, 15) is 0 Å². The summed E-state index contributed by atoms with van der Waals surface area (Å²) in [6.07, 6.45) is 6.80. The number of ether oxygens (including phenoxy) is 1. The van der Waals surface area contributed by atoms with Crippen LogP contribution in [0.4, 0.5) is 0 Å². The Morgan fingerprint density at radius 2 is 2.00 bits per heavy atom. The second kappa shape index (κ2) is 4.11. The van der Waals surface area contributed by atoms with Crippen LogP contribution < -0.4 is 5.32 Å². The van der Waals surface area contributed by atoms with Crippen molar-refractivity contribution >= 4 is 0 Å². The molecule has 0 aromatic heterocycles. The maximum absolute atomic E-state index is 8.70. The van der Waals surface area contributed by atoms with Crippen molar-refractivity contribution in [3.05, 3.63) is 0 Å². The number of hydrogen-bond acceptors (Lipinski definition) is 3. The van der Waals surface area contributed by atoms with E-state index in [1.165, 1.54) is 32.1 Å². The molecule has 0 unspecified atom stereocenters. The van der Waals surface area contributed by atoms with Gasteiger partial charge in [0.05, 0.1) is 11.7 Å². The van der Waals surface area contributed by atoms with Gasteiger partial charge in [0, 0.05) is 26.6 Å². The number of hydrogen-bond donors (Lipinski definition) is 1. The van der Waals surface area contributed by atoms with Crippen molar-refractivity contribution in [3.8, 4) is 6.07 Å². The van der Waals surface area contributed by atoms with E-state index in [0.29, 0.717) is 11.8 Å². The van der Waals surface area contributed by atoms with E-state index in [0.717, 1.165) is 13.1 Å². The van der Waals surface area contributed by atoms with Crippen LogP contribution in [-0.4, -0.2) is 25.8 Å². The van der Waals surface area contributed by atoms with E-state index >= 15 is 0 Å². The van der Waals surface area contributed by atoms with E-state index in [1.807, 2.05) is 7.11 Å². The van der Waals surface area contributed by atoms with E-state index < -0.39 is 0 Å². The minimum Gasteiger partial charge on any atom is -0.377 e. The molecule has 2 aliphatic rings. The first kappa shape index (κ1) is 10.9. The van der Waals surface area contributed by atoms with Crippen LogP contribution in [0.1, 0.15) is 38.5 Å². The lowest BCUT2D eigenvalue weighted by molar-refractivity contribution is -0.0698. The summed E-state index contributed by atoms with van der Waals surface area (Å²) >= 11 is 0. The van der Waals surface area contributed by atoms with E-state index in [4.69, 9.17) is 10.00 Å². The highest BCUT2D eigenvalue weighted by Gasteiger charge is 2.43. The minimum absolute atomic E-state index is 0.114. The first-order chi connectivity index (χ1) is 7.24. The van der Waals surface area contributed by atoms with Gasteiger partial charge in [-0.05, 0) is 37.5 Å². The first-order valence-corrected chi connectivity index (χ1v) is 5.87. The zero-order chi connectivity index (χ0) is 10.8. The summed E-state index contributed by atoms with van der Waals surface area (Å²) < 4.78 is 5.54. The Labute approximate surface area is 91.8 Å². The molecule has 0 amide bonds. The number of methoxy groups -OCH3 is 1. The fourth-order valence-electron chi connectivity index (χ4n) is 2.34. The van der Waals surface area contributed by atoms with Gasteiger partial charge >= 0.3 is 0 Å². The van der Waals surface area contributed by atoms with Gasteiger partial charge in [-0.3, -0.25) is 0 Å². The SMILES string of the molecule is COC1(CNCC2(CC#N)CC2)CCC1. The van der Waals surface area contributed by atoms with Crippen LogP contribution in [0.3, 0.4) is 0 Å². The Morgan fingerprint density at radius 3 is 2.40 bits per heavy atom. The quantitative estimate of drug-likeness (QED) is 0.724. The van der Waals surface area contributed by atoms with Crippen molar-refractivity contribution in [2.24, 2.45) is 5.41 Å². The molecule has 2 rings (SSSR count). The van der Waals surface area contributed by atoms with E-state index in [-0.39, 0.29) is 5.60 Å². The van der Waals surface area contributed by atoms with Gasteiger partial charge in [0.1, 0.15) is 0 Å². The minimum atomic E-state index is 0.114. The van der Waals surface area contributed by atoms with Crippen LogP contribution in [0.15, 0.2) is 0 Å². The summed E-state index contributed by atoms with van der Waals surface area (Å²) in [5, 5.41) is 12.2. The Morgan fingerprint density at radius 1 is 1.27 bits per heavy atom. The molecule has 0 aromatic carbocycles. The van der Waals surface area contributed by atoms with Gasteiger partial charge < -0.3 is 10.1 Å². The smallest absolute Gasteiger partial charge is 0.0802 e. The van der Waals surface area contributed by atoms with Crippen molar-refractivity contribution in [3.63, 3.8) is 0 Å². The van der Waals surface area contributed by atoms with Crippen LogP contribution in [0, 0.1) is 16.7 Å². The van der Waals surface area contributed by atoms with Crippen LogP contribution in [0.5, 0.6) is 0 Å². The van der Waals surface area contributed by atoms with Crippen molar-refractivity contribution in [1.82, 2.24) is 5.32 Å². The number of nitriles is 1. The predicted octanol–water partition coefficient (Wildman–Crippen LogP) is 1.84. The van der Waals surface area contributed by atoms with Gasteiger partial charge in [-0.25, -0.2) is 0 Å². The molecule has 0 aromatic rings. The summed E-state index contributed by atoms with van der Waals surface area (Å²) in [4.78, 5) is 0. The van der Waals surface area contributed by atoms with Gasteiger partial charge in [0.2, 0.25) is 0 Å². The van der Waals surface area contributed by atoms with Crippen LogP contribution >= 0.6 is 0 Å². The van der Waals surface area contributed by atoms with Crippen molar-refractivity contribution in [2.45, 2.75) is 44.1 Å². The van der Waals surface area contributed by atoms with Gasteiger partial charge in [-0.1, -0.05) is 0 Å². The topological polar surface area (TPSA) is 45.0 Å². The Bertz CT molecular complexity index is 256. The van der Waals surface area contributed by atoms with Crippen molar-refractivity contribution in [1.29, 1.82) is 5.26 Å². The first-order valence-electron chi connectivity index (χ1n) is 5.87. The summed E-state index contributed by atoms with van der Waals surface area (Å²) in [6.45, 7) is 1.95. The standard InChI is InChI=1S/C12H20N2O/c1-15-12(3-2-4-12)10-14-9-11(5-6-11)7-8-13/h14H,2-7,9-10H2,1H3. The lowest BCUT2D eigenvalue weighted by atomic mass is 9.80. The third-order valence-electron chi connectivity index (χ3n) is 4.06. The fourth-order valence-corrected chi connectivity index (χ4v) is 2.34. The largest absolute Gasteiger partial charge is 0.377 e. The molecule has 0 spiro atoms. The third kappa shape index (κ3) is 2.32. The highest BCUT2D eigenvalue weighted by atomic mass is 16.5. The normalized spacial score (nSPS) is 25.3. The molecule has 0 bridgehead atoms. The summed E-state index contributed by atoms with van der Waals surface area (Å²) in [5.74, 6) is 0. The molecule has 15 heavy (non-hydrogen) atoms. The molecule has 2 saturated carbocycles. The summed E-state index contributed by atoms with van der Waals surface area (Å²) in [5.41, 5.74) is 0.427. The van der Waals surface area contributed by atoms with Crippen molar-refractivity contribution in [2.75, 3.05) is 20.2 Å². The molecule has 84 valence electrons. The Kier molecular flexibility index (Phi) is 2.99. The number of nitrogens with one attached hydrogen (secondary N) is 1. The van der Waals surface area contributed by atoms with Gasteiger partial charge in [-0.2, -0.15) is 5.26 Å². The lowest BCUT2D eigenvalue weighted by Gasteiger charge is -2.41. The molecule has 0 atom stereocenters. The zero-order valence-electron chi connectivity index (χ0n) is 9.51. The molecule has 2 aliphatic carbocycles. The van der Waals surface area contributed by atoms with Crippen LogP contribution in [-0.2, 0) is 4.74 Å². The predicted molar refractivity (Wildman–Crippen MR) is 58.4 cm³/mol. The second-order valence-corrected chi connectivity index (χ2v) is 5.18. The summed E-state index contributed by atoms with van der Waals surface area (Å²) in [6, 6.07) is 2.29. The molecule has 0 radical (unpaired) electrons. The molecule has 0 heterocycles. The van der Waals surface area contributed by atoms with Crippen molar-refractivity contribution < 1.29 is 4.74 Å². The fraction of sp³-hybridized carbons (Fsp3) is 0.917. The number of nitrogens with zero attached hydrogens (tertiary/aromatic N) is 1. The molecule has 1 N–H and O–H groups in total. The highest BCUT2D eigenvalue weighted by Crippen LogP contribution is 2.48. The lowest BCUT2D eigenvalue weighted by Crippen LogP contribution is -2.48. The number of rotatable bonds is 6. The average molecular weight is 208 g/mol. The molecule has 3 nitrogen and oxygen atoms in total. The maximum atomic E-state index is 8.70. The van der Waals surface area contributed by atoms with E-state index in [2.05, 4.69) is 11.4 Å². The third-order valence-corrected chi connectivity index (χ3v) is 4.06. The van der Waals surface area contributed by atoms with E-state index in [1.54, 1.807) is 0 Å². The monoisotopic (exact) mass is 208 g/mol. The Hall–Kier alpha value is -0.590. The maximum Gasteiger partial charge on any atom is 0.0802 e. The molecule has 0 saturated heterocycles. The van der Waals surface area contributed by atoms with Crippen LogP contribution in [0.25, 0.3) is 0 Å². The molecular formula is C12H20N2O. The van der Waals surface area contributed by atoms with Gasteiger partial charge in [0.15, 0.2) is 0 Å². The second-order valence-electron chi connectivity index (χ2n) is 5.18. The molecular weight excluding hydrogens is 188 g/mol. The Balaban J connectivity index is 1.69. The zero-order valence-corrected chi connectivity index (χ0v) is 9.51. The van der Waals surface area contributed by atoms with Gasteiger partial charge in [-0.15, -0.1) is 0 Å². The molecule has 0 aliphatic heterocycles. The van der Waals surface area contributed by atoms with Gasteiger partial charge in [0.25, 0.3) is 0 Å². The average Bonchev–Trinajstić information content (AvgIpc) is 2.91. The summed E-state index contributed by atoms with van der Waals surface area (Å²) in [7, 11) is 1.81.